The highest BCUT2D eigenvalue weighted by atomic mass is 19.1. The van der Waals surface area contributed by atoms with Gasteiger partial charge in [-0.25, -0.2) is 4.39 Å². The lowest BCUT2D eigenvalue weighted by atomic mass is 10.2. The molecule has 1 aromatic carbocycles. The fraction of sp³-hybridized carbons (Fsp3) is 0.357. The molecule has 0 bridgehead atoms. The van der Waals surface area contributed by atoms with Crippen molar-refractivity contribution >= 4 is 0 Å². The van der Waals surface area contributed by atoms with Crippen LogP contribution in [0.2, 0.25) is 0 Å². The molecule has 0 saturated carbocycles. The first-order valence-corrected chi connectivity index (χ1v) is 6.35. The summed E-state index contributed by atoms with van der Waals surface area (Å²) in [5.41, 5.74) is 0.481. The van der Waals surface area contributed by atoms with Crippen molar-refractivity contribution in [2.45, 2.75) is 19.3 Å². The summed E-state index contributed by atoms with van der Waals surface area (Å²) in [6.45, 7) is 1.13. The molecule has 108 valence electrons. The van der Waals surface area contributed by atoms with Gasteiger partial charge >= 0.3 is 0 Å². The van der Waals surface area contributed by atoms with Gasteiger partial charge in [-0.2, -0.15) is 0 Å². The number of rotatable bonds is 8. The lowest BCUT2D eigenvalue weighted by Crippen LogP contribution is -2.30. The van der Waals surface area contributed by atoms with Crippen molar-refractivity contribution in [2.75, 3.05) is 13.2 Å². The van der Waals surface area contributed by atoms with Gasteiger partial charge < -0.3 is 19.7 Å². The number of nitrogens with zero attached hydrogens (tertiary/aromatic N) is 1. The van der Waals surface area contributed by atoms with E-state index < -0.39 is 6.10 Å². The zero-order valence-corrected chi connectivity index (χ0v) is 11.0. The second-order valence-electron chi connectivity index (χ2n) is 4.37. The van der Waals surface area contributed by atoms with Crippen LogP contribution < -0.4 is 5.32 Å². The molecule has 0 spiro atoms. The molecule has 20 heavy (non-hydrogen) atoms. The highest BCUT2D eigenvalue weighted by Crippen LogP contribution is 2.07. The van der Waals surface area contributed by atoms with E-state index in [2.05, 4.69) is 10.5 Å². The first-order valence-electron chi connectivity index (χ1n) is 6.35. The van der Waals surface area contributed by atoms with Crippen LogP contribution in [0.1, 0.15) is 11.3 Å². The second-order valence-corrected chi connectivity index (χ2v) is 4.37. The molecule has 2 N–H and O–H groups in total. The van der Waals surface area contributed by atoms with Crippen LogP contribution in [-0.2, 0) is 17.9 Å². The van der Waals surface area contributed by atoms with E-state index in [0.717, 1.165) is 0 Å². The summed E-state index contributed by atoms with van der Waals surface area (Å²) in [5.74, 6) is 0.398. The Morgan fingerprint density at radius 3 is 2.95 bits per heavy atom. The molecule has 0 aliphatic rings. The van der Waals surface area contributed by atoms with Gasteiger partial charge in [0.05, 0.1) is 32.1 Å². The average Bonchev–Trinajstić information content (AvgIpc) is 2.94. The predicted octanol–water partition coefficient (Wildman–Crippen LogP) is 1.48. The highest BCUT2D eigenvalue weighted by Gasteiger charge is 2.06. The van der Waals surface area contributed by atoms with Gasteiger partial charge in [0.15, 0.2) is 0 Å². The Bertz CT molecular complexity index is 505. The Balaban J connectivity index is 1.60. The van der Waals surface area contributed by atoms with Gasteiger partial charge in [-0.1, -0.05) is 23.4 Å². The molecule has 1 atom stereocenters. The van der Waals surface area contributed by atoms with Gasteiger partial charge in [0, 0.05) is 18.2 Å². The molecule has 1 unspecified atom stereocenters. The molecule has 0 fully saturated rings. The Morgan fingerprint density at radius 2 is 2.20 bits per heavy atom. The SMILES string of the molecule is OC(CNCc1ccno1)COCc1ccccc1F. The Hall–Kier alpha value is -1.76. The summed E-state index contributed by atoms with van der Waals surface area (Å²) < 4.78 is 23.5. The molecular weight excluding hydrogens is 263 g/mol. The van der Waals surface area contributed by atoms with Gasteiger partial charge in [0.25, 0.3) is 0 Å². The van der Waals surface area contributed by atoms with Crippen LogP contribution in [-0.4, -0.2) is 29.5 Å². The van der Waals surface area contributed by atoms with Crippen molar-refractivity contribution in [3.8, 4) is 0 Å². The number of ether oxygens (including phenoxy) is 1. The molecular formula is C14H17FN2O3. The maximum atomic E-state index is 13.3. The zero-order valence-electron chi connectivity index (χ0n) is 11.0. The quantitative estimate of drug-likeness (QED) is 0.766. The fourth-order valence-corrected chi connectivity index (χ4v) is 1.67. The fourth-order valence-electron chi connectivity index (χ4n) is 1.67. The minimum atomic E-state index is -0.662. The van der Waals surface area contributed by atoms with Gasteiger partial charge in [-0.15, -0.1) is 0 Å². The molecule has 0 saturated heterocycles. The molecule has 0 amide bonds. The molecule has 1 aromatic heterocycles. The third-order valence-electron chi connectivity index (χ3n) is 2.70. The third-order valence-corrected chi connectivity index (χ3v) is 2.70. The summed E-state index contributed by atoms with van der Waals surface area (Å²) in [7, 11) is 0. The maximum absolute atomic E-state index is 13.3. The first kappa shape index (κ1) is 14.6. The monoisotopic (exact) mass is 280 g/mol. The van der Waals surface area contributed by atoms with Crippen LogP contribution in [0, 0.1) is 5.82 Å². The highest BCUT2D eigenvalue weighted by molar-refractivity contribution is 5.16. The standard InChI is InChI=1S/C14H17FN2O3/c15-14-4-2-1-3-11(14)9-19-10-12(18)7-16-8-13-5-6-17-20-13/h1-6,12,16,18H,7-10H2. The van der Waals surface area contributed by atoms with E-state index >= 15 is 0 Å². The number of aliphatic hydroxyl groups excluding tert-OH is 1. The number of benzene rings is 1. The van der Waals surface area contributed by atoms with E-state index in [0.29, 0.717) is 24.4 Å². The summed E-state index contributed by atoms with van der Waals surface area (Å²) in [6, 6.07) is 8.16. The molecule has 5 nitrogen and oxygen atoms in total. The van der Waals surface area contributed by atoms with Gasteiger partial charge in [-0.05, 0) is 6.07 Å². The second kappa shape index (κ2) is 7.74. The van der Waals surface area contributed by atoms with Crippen molar-refractivity contribution in [1.82, 2.24) is 10.5 Å². The van der Waals surface area contributed by atoms with E-state index in [4.69, 9.17) is 9.26 Å². The molecule has 2 rings (SSSR count). The first-order chi connectivity index (χ1) is 9.75. The number of aliphatic hydroxyl groups is 1. The Labute approximate surface area is 116 Å². The number of hydrogen-bond acceptors (Lipinski definition) is 5. The molecule has 6 heteroatoms. The van der Waals surface area contributed by atoms with Gasteiger partial charge in [0.1, 0.15) is 11.6 Å². The predicted molar refractivity (Wildman–Crippen MR) is 70.3 cm³/mol. The van der Waals surface area contributed by atoms with Gasteiger partial charge in [0.2, 0.25) is 0 Å². The lowest BCUT2D eigenvalue weighted by Gasteiger charge is -2.12. The Kier molecular flexibility index (Phi) is 5.67. The third kappa shape index (κ3) is 4.73. The molecule has 2 aromatic rings. The maximum Gasteiger partial charge on any atom is 0.150 e. The Morgan fingerprint density at radius 1 is 1.35 bits per heavy atom. The van der Waals surface area contributed by atoms with Crippen LogP contribution in [0.3, 0.4) is 0 Å². The van der Waals surface area contributed by atoms with Crippen molar-refractivity contribution in [3.05, 3.63) is 53.7 Å². The van der Waals surface area contributed by atoms with Gasteiger partial charge in [-0.3, -0.25) is 0 Å². The van der Waals surface area contributed by atoms with Crippen LogP contribution in [0.5, 0.6) is 0 Å². The zero-order chi connectivity index (χ0) is 14.2. The van der Waals surface area contributed by atoms with E-state index in [1.165, 1.54) is 6.07 Å². The number of nitrogens with one attached hydrogen (secondary N) is 1. The van der Waals surface area contributed by atoms with Crippen LogP contribution in [0.4, 0.5) is 4.39 Å². The number of halogens is 1. The number of hydrogen-bond donors (Lipinski definition) is 2. The van der Waals surface area contributed by atoms with Crippen molar-refractivity contribution in [3.63, 3.8) is 0 Å². The van der Waals surface area contributed by atoms with Crippen molar-refractivity contribution in [2.24, 2.45) is 0 Å². The largest absolute Gasteiger partial charge is 0.389 e. The topological polar surface area (TPSA) is 67.5 Å². The van der Waals surface area contributed by atoms with Crippen LogP contribution in [0.15, 0.2) is 41.1 Å². The minimum absolute atomic E-state index is 0.137. The normalized spacial score (nSPS) is 12.5. The minimum Gasteiger partial charge on any atom is -0.389 e. The van der Waals surface area contributed by atoms with Crippen LogP contribution >= 0.6 is 0 Å². The average molecular weight is 280 g/mol. The van der Waals surface area contributed by atoms with Crippen molar-refractivity contribution < 1.29 is 18.8 Å². The van der Waals surface area contributed by atoms with Crippen LogP contribution in [0.25, 0.3) is 0 Å². The molecule has 0 aliphatic heterocycles. The summed E-state index contributed by atoms with van der Waals surface area (Å²) in [5, 5.41) is 16.3. The van der Waals surface area contributed by atoms with E-state index in [-0.39, 0.29) is 19.0 Å². The van der Waals surface area contributed by atoms with E-state index in [9.17, 15) is 9.50 Å². The summed E-state index contributed by atoms with van der Waals surface area (Å²) >= 11 is 0. The summed E-state index contributed by atoms with van der Waals surface area (Å²) in [4.78, 5) is 0. The number of aromatic nitrogens is 1. The molecule has 0 radical (unpaired) electrons. The molecule has 0 aliphatic carbocycles. The summed E-state index contributed by atoms with van der Waals surface area (Å²) in [6.07, 6.45) is 0.898. The van der Waals surface area contributed by atoms with E-state index in [1.54, 1.807) is 30.5 Å². The molecule has 1 heterocycles. The van der Waals surface area contributed by atoms with Crippen molar-refractivity contribution in [1.29, 1.82) is 0 Å². The lowest BCUT2D eigenvalue weighted by molar-refractivity contribution is 0.0275. The van der Waals surface area contributed by atoms with E-state index in [1.807, 2.05) is 0 Å². The smallest absolute Gasteiger partial charge is 0.150 e.